The summed E-state index contributed by atoms with van der Waals surface area (Å²) >= 11 is 0. The molecule has 3 aromatic rings. The minimum Gasteiger partial charge on any atom is -0.338 e. The summed E-state index contributed by atoms with van der Waals surface area (Å²) in [6.45, 7) is 2.65. The van der Waals surface area contributed by atoms with Crippen molar-refractivity contribution in [2.75, 3.05) is 43.1 Å². The van der Waals surface area contributed by atoms with Gasteiger partial charge in [-0.3, -0.25) is 4.79 Å². The van der Waals surface area contributed by atoms with Crippen LogP contribution in [0.2, 0.25) is 0 Å². The maximum absolute atomic E-state index is 14.4. The molecule has 0 aliphatic carbocycles. The van der Waals surface area contributed by atoms with Crippen molar-refractivity contribution < 1.29 is 26.0 Å². The Bertz CT molecular complexity index is 1570. The van der Waals surface area contributed by atoms with Gasteiger partial charge >= 0.3 is 0 Å². The van der Waals surface area contributed by atoms with Crippen LogP contribution >= 0.6 is 0 Å². The average Bonchev–Trinajstić information content (AvgIpc) is 2.86. The van der Waals surface area contributed by atoms with E-state index in [2.05, 4.69) is 20.6 Å². The largest absolute Gasteiger partial charge is 0.338 e. The Balaban J connectivity index is 1.44. The molecule has 0 saturated carbocycles. The van der Waals surface area contributed by atoms with Crippen molar-refractivity contribution >= 4 is 49.1 Å². The molecule has 4 rings (SSSR count). The molecule has 202 valence electrons. The van der Waals surface area contributed by atoms with Gasteiger partial charge < -0.3 is 15.5 Å². The van der Waals surface area contributed by atoms with E-state index >= 15 is 0 Å². The van der Waals surface area contributed by atoms with E-state index in [1.807, 2.05) is 0 Å². The molecule has 4 N–H and O–H groups in total. The number of aryl methyl sites for hydroxylation is 1. The van der Waals surface area contributed by atoms with Gasteiger partial charge in [-0.2, -0.15) is 9.29 Å². The first-order chi connectivity index (χ1) is 17.8. The van der Waals surface area contributed by atoms with E-state index < -0.39 is 25.9 Å². The smallest absolute Gasteiger partial charge is 0.253 e. The van der Waals surface area contributed by atoms with Gasteiger partial charge in [0.15, 0.2) is 11.6 Å². The fourth-order valence-electron chi connectivity index (χ4n) is 3.87. The molecule has 1 aliphatic heterocycles. The van der Waals surface area contributed by atoms with Crippen LogP contribution in [0, 0.1) is 12.7 Å². The number of sulfonamides is 2. The summed E-state index contributed by atoms with van der Waals surface area (Å²) in [4.78, 5) is 22.3. The van der Waals surface area contributed by atoms with Gasteiger partial charge in [-0.15, -0.1) is 0 Å². The van der Waals surface area contributed by atoms with Crippen LogP contribution in [-0.4, -0.2) is 74.4 Å². The molecule has 2 heterocycles. The topological polar surface area (TPSA) is 168 Å². The monoisotopic (exact) mass is 563 g/mol. The number of hydrogen-bond acceptors (Lipinski definition) is 9. The summed E-state index contributed by atoms with van der Waals surface area (Å²) in [6.07, 6.45) is 2.10. The molecule has 1 aromatic heterocycles. The number of nitrogens with one attached hydrogen (secondary N) is 2. The number of primary sulfonamides is 1. The van der Waals surface area contributed by atoms with Crippen molar-refractivity contribution in [2.24, 2.45) is 5.14 Å². The molecular formula is C23H26FN7O5S2. The van der Waals surface area contributed by atoms with E-state index in [4.69, 9.17) is 5.14 Å². The summed E-state index contributed by atoms with van der Waals surface area (Å²) < 4.78 is 62.6. The van der Waals surface area contributed by atoms with Gasteiger partial charge in [0, 0.05) is 43.1 Å². The number of nitrogens with two attached hydrogens (primary N) is 1. The van der Waals surface area contributed by atoms with E-state index in [-0.39, 0.29) is 48.7 Å². The van der Waals surface area contributed by atoms with E-state index in [1.165, 1.54) is 10.4 Å². The van der Waals surface area contributed by atoms with Gasteiger partial charge in [0.1, 0.15) is 0 Å². The molecule has 1 amide bonds. The molecule has 38 heavy (non-hydrogen) atoms. The summed E-state index contributed by atoms with van der Waals surface area (Å²) in [5, 5.41) is 10.9. The van der Waals surface area contributed by atoms with Crippen molar-refractivity contribution in [1.82, 2.24) is 19.2 Å². The Hall–Kier alpha value is -3.66. The zero-order valence-corrected chi connectivity index (χ0v) is 22.2. The zero-order valence-electron chi connectivity index (χ0n) is 20.5. The first kappa shape index (κ1) is 27.4. The summed E-state index contributed by atoms with van der Waals surface area (Å²) in [5.74, 6) is -1.09. The highest BCUT2D eigenvalue weighted by Gasteiger charge is 2.26. The third-order valence-electron chi connectivity index (χ3n) is 5.88. The molecule has 0 unspecified atom stereocenters. The molecule has 15 heteroatoms. The maximum atomic E-state index is 14.4. The number of aromatic nitrogens is 2. The van der Waals surface area contributed by atoms with E-state index in [9.17, 15) is 26.0 Å². The van der Waals surface area contributed by atoms with Crippen LogP contribution in [0.4, 0.5) is 27.5 Å². The number of halogens is 1. The van der Waals surface area contributed by atoms with Gasteiger partial charge in [0.2, 0.25) is 26.0 Å². The Morgan fingerprint density at radius 2 is 1.61 bits per heavy atom. The molecule has 12 nitrogen and oxygen atoms in total. The van der Waals surface area contributed by atoms with Gasteiger partial charge in [-0.25, -0.2) is 31.3 Å². The average molecular weight is 564 g/mol. The maximum Gasteiger partial charge on any atom is 0.253 e. The standard InChI is InChI=1S/C23H26FN7O5S2/c1-15-3-6-18(13-20(15)38(25,35)36)28-23-26-14-19(24)21(29-23)27-17-7-4-16(5-8-17)22(32)30-9-11-31(12-10-30)37(2,33)34/h3-8,13-14H,9-12H2,1-2H3,(H2,25,35,36)(H2,26,27,28,29). The highest BCUT2D eigenvalue weighted by Crippen LogP contribution is 2.24. The van der Waals surface area contributed by atoms with Gasteiger partial charge in [-0.05, 0) is 48.9 Å². The number of amides is 1. The number of benzene rings is 2. The minimum absolute atomic E-state index is 0.0122. The summed E-state index contributed by atoms with van der Waals surface area (Å²) in [7, 11) is -7.23. The second-order valence-electron chi connectivity index (χ2n) is 8.70. The highest BCUT2D eigenvalue weighted by molar-refractivity contribution is 7.89. The number of carbonyl (C=O) groups is 1. The van der Waals surface area contributed by atoms with Crippen LogP contribution in [-0.2, 0) is 20.0 Å². The molecule has 0 radical (unpaired) electrons. The first-order valence-electron chi connectivity index (χ1n) is 11.4. The predicted octanol–water partition coefficient (Wildman–Crippen LogP) is 1.78. The van der Waals surface area contributed by atoms with Crippen LogP contribution < -0.4 is 15.8 Å². The lowest BCUT2D eigenvalue weighted by Gasteiger charge is -2.33. The fraction of sp³-hybridized carbons (Fsp3) is 0.261. The number of rotatable bonds is 7. The van der Waals surface area contributed by atoms with Gasteiger partial charge in [-0.1, -0.05) is 6.07 Å². The Morgan fingerprint density at radius 3 is 2.21 bits per heavy atom. The van der Waals surface area contributed by atoms with Gasteiger partial charge in [0.25, 0.3) is 5.91 Å². The molecule has 1 fully saturated rings. The van der Waals surface area contributed by atoms with Crippen LogP contribution in [0.15, 0.2) is 53.6 Å². The fourth-order valence-corrected chi connectivity index (χ4v) is 5.50. The van der Waals surface area contributed by atoms with E-state index in [0.717, 1.165) is 12.5 Å². The summed E-state index contributed by atoms with van der Waals surface area (Å²) in [5.41, 5.74) is 1.67. The quantitative estimate of drug-likeness (QED) is 0.388. The normalized spacial score (nSPS) is 14.8. The lowest BCUT2D eigenvalue weighted by molar-refractivity contribution is 0.0698. The second kappa shape index (κ2) is 10.6. The lowest BCUT2D eigenvalue weighted by atomic mass is 10.1. The molecule has 1 saturated heterocycles. The molecule has 0 spiro atoms. The van der Waals surface area contributed by atoms with Crippen molar-refractivity contribution in [3.05, 3.63) is 65.6 Å². The van der Waals surface area contributed by atoms with Crippen molar-refractivity contribution in [3.63, 3.8) is 0 Å². The van der Waals surface area contributed by atoms with Crippen LogP contribution in [0.25, 0.3) is 0 Å². The Morgan fingerprint density at radius 1 is 0.974 bits per heavy atom. The number of nitrogens with zero attached hydrogens (tertiary/aromatic N) is 4. The predicted molar refractivity (Wildman–Crippen MR) is 140 cm³/mol. The SMILES string of the molecule is Cc1ccc(Nc2ncc(F)c(Nc3ccc(C(=O)N4CCN(S(C)(=O)=O)CC4)cc3)n2)cc1S(N)(=O)=O. The number of carbonyl (C=O) groups excluding carboxylic acids is 1. The second-order valence-corrected chi connectivity index (χ2v) is 12.2. The van der Waals surface area contributed by atoms with Crippen LogP contribution in [0.3, 0.4) is 0 Å². The highest BCUT2D eigenvalue weighted by atomic mass is 32.2. The Kier molecular flexibility index (Phi) is 7.64. The molecule has 1 aliphatic rings. The van der Waals surface area contributed by atoms with Crippen LogP contribution in [0.1, 0.15) is 15.9 Å². The first-order valence-corrected chi connectivity index (χ1v) is 14.8. The lowest BCUT2D eigenvalue weighted by Crippen LogP contribution is -2.50. The van der Waals surface area contributed by atoms with Crippen LogP contribution in [0.5, 0.6) is 0 Å². The zero-order chi connectivity index (χ0) is 27.7. The van der Waals surface area contributed by atoms with Crippen molar-refractivity contribution in [3.8, 4) is 0 Å². The third kappa shape index (κ3) is 6.42. The number of piperazine rings is 1. The van der Waals surface area contributed by atoms with E-state index in [0.29, 0.717) is 22.5 Å². The molecule has 0 bridgehead atoms. The molecule has 0 atom stereocenters. The third-order valence-corrected chi connectivity index (χ3v) is 8.24. The van der Waals surface area contributed by atoms with Gasteiger partial charge in [0.05, 0.1) is 17.3 Å². The number of anilines is 4. The Labute approximate surface area is 219 Å². The number of hydrogen-bond donors (Lipinski definition) is 3. The molecule has 2 aromatic carbocycles. The van der Waals surface area contributed by atoms with E-state index in [1.54, 1.807) is 48.2 Å². The van der Waals surface area contributed by atoms with Crippen molar-refractivity contribution in [1.29, 1.82) is 0 Å². The molecular weight excluding hydrogens is 537 g/mol. The summed E-state index contributed by atoms with van der Waals surface area (Å²) in [6, 6.07) is 10.8. The van der Waals surface area contributed by atoms with Crippen molar-refractivity contribution in [2.45, 2.75) is 11.8 Å². The minimum atomic E-state index is -3.94.